The van der Waals surface area contributed by atoms with Crippen molar-refractivity contribution in [2.24, 2.45) is 0 Å². The first-order valence-electron chi connectivity index (χ1n) is 8.89. The second-order valence-electron chi connectivity index (χ2n) is 6.82. The highest BCUT2D eigenvalue weighted by molar-refractivity contribution is 7.80. The van der Waals surface area contributed by atoms with E-state index in [9.17, 15) is 0 Å². The Hall–Kier alpha value is -2.47. The van der Waals surface area contributed by atoms with Crippen molar-refractivity contribution in [3.05, 3.63) is 48.0 Å². The number of thiocarbonyl (C=S) groups is 1. The molecule has 6 heteroatoms. The molecule has 0 bridgehead atoms. The Bertz CT molecular complexity index is 809. The molecule has 1 unspecified atom stereocenters. The van der Waals surface area contributed by atoms with Crippen LogP contribution in [0.4, 0.5) is 11.4 Å². The van der Waals surface area contributed by atoms with E-state index in [0.717, 1.165) is 41.9 Å². The van der Waals surface area contributed by atoms with Gasteiger partial charge in [0.2, 0.25) is 6.79 Å². The molecule has 1 N–H and O–H groups in total. The molecule has 2 aromatic carbocycles. The van der Waals surface area contributed by atoms with Crippen molar-refractivity contribution < 1.29 is 9.47 Å². The van der Waals surface area contributed by atoms with Gasteiger partial charge in [0.15, 0.2) is 16.6 Å². The summed E-state index contributed by atoms with van der Waals surface area (Å²) in [6, 6.07) is 14.9. The fourth-order valence-electron chi connectivity index (χ4n) is 3.44. The van der Waals surface area contributed by atoms with Gasteiger partial charge in [-0.1, -0.05) is 17.7 Å². The Morgan fingerprint density at radius 2 is 1.85 bits per heavy atom. The summed E-state index contributed by atoms with van der Waals surface area (Å²) in [4.78, 5) is 4.68. The van der Waals surface area contributed by atoms with Crippen LogP contribution in [-0.4, -0.2) is 42.5 Å². The van der Waals surface area contributed by atoms with Gasteiger partial charge in [-0.15, -0.1) is 0 Å². The Labute approximate surface area is 159 Å². The van der Waals surface area contributed by atoms with E-state index >= 15 is 0 Å². The van der Waals surface area contributed by atoms with Crippen molar-refractivity contribution >= 4 is 28.7 Å². The van der Waals surface area contributed by atoms with Crippen LogP contribution in [-0.2, 0) is 0 Å². The molecule has 2 aliphatic rings. The molecule has 136 valence electrons. The quantitative estimate of drug-likeness (QED) is 0.815. The van der Waals surface area contributed by atoms with E-state index in [0.29, 0.717) is 6.04 Å². The topological polar surface area (TPSA) is 37.0 Å². The predicted octanol–water partition coefficient (Wildman–Crippen LogP) is 3.63. The third-order valence-electron chi connectivity index (χ3n) is 4.90. The number of benzene rings is 2. The van der Waals surface area contributed by atoms with Gasteiger partial charge in [0.1, 0.15) is 0 Å². The number of fused-ring (bicyclic) bond motifs is 1. The highest BCUT2D eigenvalue weighted by Gasteiger charge is 2.25. The number of piperazine rings is 1. The monoisotopic (exact) mass is 369 g/mol. The molecule has 0 amide bonds. The van der Waals surface area contributed by atoms with Crippen molar-refractivity contribution in [3.8, 4) is 11.5 Å². The first kappa shape index (κ1) is 17.0. The van der Waals surface area contributed by atoms with Crippen molar-refractivity contribution in [3.63, 3.8) is 0 Å². The summed E-state index contributed by atoms with van der Waals surface area (Å²) in [5.41, 5.74) is 3.49. The van der Waals surface area contributed by atoms with Gasteiger partial charge in [0, 0.05) is 43.1 Å². The third-order valence-corrected chi connectivity index (χ3v) is 5.26. The molecular weight excluding hydrogens is 346 g/mol. The van der Waals surface area contributed by atoms with Gasteiger partial charge in [-0.25, -0.2) is 0 Å². The van der Waals surface area contributed by atoms with Gasteiger partial charge < -0.3 is 24.6 Å². The van der Waals surface area contributed by atoms with Crippen LogP contribution in [0.5, 0.6) is 11.5 Å². The number of nitrogens with one attached hydrogen (secondary N) is 1. The SMILES string of the molecule is Cc1ccc(N2CCN(C(=S)Nc3ccc4c(c3)OCO4)CC2C)cc1. The zero-order valence-corrected chi connectivity index (χ0v) is 15.9. The lowest BCUT2D eigenvalue weighted by Crippen LogP contribution is -2.54. The third kappa shape index (κ3) is 3.42. The number of rotatable bonds is 2. The summed E-state index contributed by atoms with van der Waals surface area (Å²) in [5, 5.41) is 4.08. The Kier molecular flexibility index (Phi) is 4.59. The first-order chi connectivity index (χ1) is 12.6. The maximum Gasteiger partial charge on any atom is 0.231 e. The van der Waals surface area contributed by atoms with Gasteiger partial charge in [-0.05, 0) is 50.3 Å². The molecule has 0 spiro atoms. The Morgan fingerprint density at radius 3 is 2.62 bits per heavy atom. The summed E-state index contributed by atoms with van der Waals surface area (Å²) in [6.07, 6.45) is 0. The molecule has 1 saturated heterocycles. The van der Waals surface area contributed by atoms with Gasteiger partial charge in [0.05, 0.1) is 0 Å². The smallest absolute Gasteiger partial charge is 0.231 e. The zero-order chi connectivity index (χ0) is 18.1. The fraction of sp³-hybridized carbons (Fsp3) is 0.350. The highest BCUT2D eigenvalue weighted by atomic mass is 32.1. The lowest BCUT2D eigenvalue weighted by Gasteiger charge is -2.42. The van der Waals surface area contributed by atoms with E-state index in [-0.39, 0.29) is 6.79 Å². The van der Waals surface area contributed by atoms with Gasteiger partial charge in [-0.2, -0.15) is 0 Å². The van der Waals surface area contributed by atoms with E-state index in [2.05, 4.69) is 53.2 Å². The summed E-state index contributed by atoms with van der Waals surface area (Å²) in [7, 11) is 0. The van der Waals surface area contributed by atoms with Crippen molar-refractivity contribution in [1.29, 1.82) is 0 Å². The minimum absolute atomic E-state index is 0.279. The Morgan fingerprint density at radius 1 is 1.08 bits per heavy atom. The van der Waals surface area contributed by atoms with Crippen LogP contribution in [0.2, 0.25) is 0 Å². The second-order valence-corrected chi connectivity index (χ2v) is 7.21. The van der Waals surface area contributed by atoms with Crippen molar-refractivity contribution in [2.75, 3.05) is 36.6 Å². The van der Waals surface area contributed by atoms with Crippen molar-refractivity contribution in [1.82, 2.24) is 4.90 Å². The molecule has 4 rings (SSSR count). The minimum atomic E-state index is 0.279. The lowest BCUT2D eigenvalue weighted by atomic mass is 10.1. The van der Waals surface area contributed by atoms with Gasteiger partial charge >= 0.3 is 0 Å². The fourth-order valence-corrected chi connectivity index (χ4v) is 3.72. The summed E-state index contributed by atoms with van der Waals surface area (Å²) < 4.78 is 10.8. The van der Waals surface area contributed by atoms with Crippen LogP contribution in [0, 0.1) is 6.92 Å². The van der Waals surface area contributed by atoms with Gasteiger partial charge in [0.25, 0.3) is 0 Å². The summed E-state index contributed by atoms with van der Waals surface area (Å²) in [5.74, 6) is 1.54. The predicted molar refractivity (Wildman–Crippen MR) is 108 cm³/mol. The van der Waals surface area contributed by atoms with Crippen LogP contribution in [0.15, 0.2) is 42.5 Å². The normalized spacial score (nSPS) is 18.8. The lowest BCUT2D eigenvalue weighted by molar-refractivity contribution is 0.174. The second kappa shape index (κ2) is 7.03. The van der Waals surface area contributed by atoms with E-state index in [1.54, 1.807) is 0 Å². The molecule has 0 saturated carbocycles. The molecule has 2 aromatic rings. The van der Waals surface area contributed by atoms with Crippen molar-refractivity contribution in [2.45, 2.75) is 19.9 Å². The molecule has 1 fully saturated rings. The number of hydrogen-bond donors (Lipinski definition) is 1. The number of ether oxygens (including phenoxy) is 2. The highest BCUT2D eigenvalue weighted by Crippen LogP contribution is 2.34. The molecule has 2 aliphatic heterocycles. The summed E-state index contributed by atoms with van der Waals surface area (Å²) in [6.45, 7) is 7.38. The minimum Gasteiger partial charge on any atom is -0.454 e. The maximum absolute atomic E-state index is 5.63. The maximum atomic E-state index is 5.63. The molecule has 2 heterocycles. The molecule has 1 atom stereocenters. The zero-order valence-electron chi connectivity index (χ0n) is 15.1. The molecule has 5 nitrogen and oxygen atoms in total. The number of nitrogens with zero attached hydrogens (tertiary/aromatic N) is 2. The Balaban J connectivity index is 1.38. The number of aryl methyl sites for hydroxylation is 1. The molecular formula is C20H23N3O2S. The average molecular weight is 369 g/mol. The number of anilines is 2. The molecule has 0 radical (unpaired) electrons. The van der Waals surface area contributed by atoms with Crippen LogP contribution in [0.25, 0.3) is 0 Å². The van der Waals surface area contributed by atoms with Crippen LogP contribution < -0.4 is 19.7 Å². The van der Waals surface area contributed by atoms with E-state index < -0.39 is 0 Å². The molecule has 0 aliphatic carbocycles. The van der Waals surface area contributed by atoms with Crippen LogP contribution >= 0.6 is 12.2 Å². The standard InChI is InChI=1S/C20H23N3O2S/c1-14-3-6-17(7-4-14)23-10-9-22(12-15(23)2)20(26)21-16-5-8-18-19(11-16)25-13-24-18/h3-8,11,15H,9-10,12-13H2,1-2H3,(H,21,26). The molecule has 0 aromatic heterocycles. The average Bonchev–Trinajstić information content (AvgIpc) is 3.10. The van der Waals surface area contributed by atoms with Gasteiger partial charge in [-0.3, -0.25) is 0 Å². The number of hydrogen-bond acceptors (Lipinski definition) is 4. The van der Waals surface area contributed by atoms with Crippen LogP contribution in [0.3, 0.4) is 0 Å². The summed E-state index contributed by atoms with van der Waals surface area (Å²) >= 11 is 5.63. The largest absolute Gasteiger partial charge is 0.454 e. The van der Waals surface area contributed by atoms with E-state index in [4.69, 9.17) is 21.7 Å². The molecule has 26 heavy (non-hydrogen) atoms. The van der Waals surface area contributed by atoms with E-state index in [1.165, 1.54) is 11.3 Å². The van der Waals surface area contributed by atoms with Crippen LogP contribution in [0.1, 0.15) is 12.5 Å². The van der Waals surface area contributed by atoms with E-state index in [1.807, 2.05) is 18.2 Å². The first-order valence-corrected chi connectivity index (χ1v) is 9.30.